The summed E-state index contributed by atoms with van der Waals surface area (Å²) in [5, 5.41) is 4.69. The Labute approximate surface area is 184 Å². The molecule has 1 unspecified atom stereocenters. The number of nitrogens with zero attached hydrogens (tertiary/aromatic N) is 3. The van der Waals surface area contributed by atoms with E-state index in [0.717, 1.165) is 36.1 Å². The van der Waals surface area contributed by atoms with Crippen LogP contribution in [0.15, 0.2) is 47.4 Å². The molecule has 0 radical (unpaired) electrons. The number of allylic oxidation sites excluding steroid dienone is 1. The minimum absolute atomic E-state index is 0.0586. The van der Waals surface area contributed by atoms with Crippen molar-refractivity contribution in [3.63, 3.8) is 0 Å². The molecule has 0 aliphatic heterocycles. The molecule has 0 N–H and O–H groups in total. The molecule has 5 rings (SSSR count). The number of hydrogen-bond donors (Lipinski definition) is 0. The van der Waals surface area contributed by atoms with Gasteiger partial charge in [-0.1, -0.05) is 18.2 Å². The summed E-state index contributed by atoms with van der Waals surface area (Å²) in [4.78, 5) is 13.7. The van der Waals surface area contributed by atoms with E-state index in [4.69, 9.17) is 9.84 Å². The topological polar surface area (TPSA) is 58.3 Å². The van der Waals surface area contributed by atoms with Gasteiger partial charge in [0.05, 0.1) is 17.2 Å². The lowest BCUT2D eigenvalue weighted by molar-refractivity contribution is -0.0498. The van der Waals surface area contributed by atoms with Gasteiger partial charge in [-0.3, -0.25) is 4.79 Å². The highest BCUT2D eigenvalue weighted by Gasteiger charge is 2.25. The molecule has 6 nitrogen and oxygen atoms in total. The average Bonchev–Trinajstić information content (AvgIpc) is 3.53. The van der Waals surface area contributed by atoms with Crippen LogP contribution in [0.1, 0.15) is 32.1 Å². The van der Waals surface area contributed by atoms with Gasteiger partial charge in [0, 0.05) is 25.5 Å². The molecule has 168 valence electrons. The normalized spacial score (nSPS) is 18.9. The summed E-state index contributed by atoms with van der Waals surface area (Å²) in [6.07, 6.45) is 8.78. The largest absolute Gasteiger partial charge is 0.435 e. The number of halogens is 2. The van der Waals surface area contributed by atoms with Gasteiger partial charge in [-0.25, -0.2) is 4.68 Å². The Morgan fingerprint density at radius 1 is 1.16 bits per heavy atom. The first-order valence-electron chi connectivity index (χ1n) is 10.9. The van der Waals surface area contributed by atoms with Crippen LogP contribution in [-0.2, 0) is 11.3 Å². The van der Waals surface area contributed by atoms with Crippen LogP contribution >= 0.6 is 0 Å². The van der Waals surface area contributed by atoms with E-state index < -0.39 is 6.61 Å². The highest BCUT2D eigenvalue weighted by atomic mass is 19.3. The Morgan fingerprint density at radius 2 is 1.94 bits per heavy atom. The van der Waals surface area contributed by atoms with Gasteiger partial charge in [-0.15, -0.1) is 0 Å². The van der Waals surface area contributed by atoms with Crippen molar-refractivity contribution in [3.8, 4) is 16.9 Å². The van der Waals surface area contributed by atoms with Crippen LogP contribution in [0.3, 0.4) is 0 Å². The maximum Gasteiger partial charge on any atom is 0.387 e. The van der Waals surface area contributed by atoms with Gasteiger partial charge in [0.2, 0.25) is 0 Å². The molecule has 0 saturated heterocycles. The standard InChI is InChI=1S/C24H25F2N3O3/c1-31-18-10-6-17(7-11-18)29-23(30)21(16-4-8-19(9-5-16)32-24(25)26)22-20(27-29)12-13-28(22)14-15-2-3-15/h4-6,8-9,12-13,15,18,24H,2-3,7,10-11,14H2,1H3. The minimum atomic E-state index is -2.89. The molecular formula is C24H25F2N3O3. The van der Waals surface area contributed by atoms with E-state index in [-0.39, 0.29) is 17.4 Å². The molecule has 1 aromatic carbocycles. The number of fused-ring (bicyclic) bond motifs is 1. The van der Waals surface area contributed by atoms with Crippen molar-refractivity contribution in [2.45, 2.75) is 51.4 Å². The highest BCUT2D eigenvalue weighted by Crippen LogP contribution is 2.34. The molecule has 2 aliphatic carbocycles. The van der Waals surface area contributed by atoms with Crippen LogP contribution in [0, 0.1) is 5.92 Å². The summed E-state index contributed by atoms with van der Waals surface area (Å²) in [7, 11) is 1.70. The Hall–Kier alpha value is -3.00. The number of aromatic nitrogens is 3. The summed E-state index contributed by atoms with van der Waals surface area (Å²) >= 11 is 0. The fraction of sp³-hybridized carbons (Fsp3) is 0.417. The lowest BCUT2D eigenvalue weighted by Crippen LogP contribution is -2.27. The predicted octanol–water partition coefficient (Wildman–Crippen LogP) is 4.92. The molecule has 8 heteroatoms. The van der Waals surface area contributed by atoms with E-state index in [0.29, 0.717) is 23.5 Å². The monoisotopic (exact) mass is 441 g/mol. The lowest BCUT2D eigenvalue weighted by Gasteiger charge is -2.21. The number of methoxy groups -OCH3 is 1. The van der Waals surface area contributed by atoms with Crippen molar-refractivity contribution in [2.24, 2.45) is 5.92 Å². The zero-order valence-electron chi connectivity index (χ0n) is 17.8. The first-order chi connectivity index (χ1) is 15.5. The zero-order valence-corrected chi connectivity index (χ0v) is 17.8. The Kier molecular flexibility index (Phi) is 5.55. The van der Waals surface area contributed by atoms with Crippen LogP contribution in [0.4, 0.5) is 8.78 Å². The maximum absolute atomic E-state index is 13.7. The van der Waals surface area contributed by atoms with Crippen LogP contribution in [0.2, 0.25) is 0 Å². The Morgan fingerprint density at radius 3 is 2.56 bits per heavy atom. The number of alkyl halides is 2. The second-order valence-electron chi connectivity index (χ2n) is 8.47. The fourth-order valence-corrected chi connectivity index (χ4v) is 4.37. The fourth-order valence-electron chi connectivity index (χ4n) is 4.37. The second kappa shape index (κ2) is 8.50. The Balaban J connectivity index is 1.64. The van der Waals surface area contributed by atoms with Gasteiger partial charge in [0.1, 0.15) is 11.3 Å². The lowest BCUT2D eigenvalue weighted by atomic mass is 10.0. The molecule has 3 aromatic rings. The number of hydrogen-bond acceptors (Lipinski definition) is 4. The molecule has 1 atom stereocenters. The summed E-state index contributed by atoms with van der Waals surface area (Å²) in [5.41, 5.74) is 3.35. The molecule has 0 spiro atoms. The Bertz CT molecular complexity index is 1210. The van der Waals surface area contributed by atoms with Crippen molar-refractivity contribution < 1.29 is 18.3 Å². The van der Waals surface area contributed by atoms with Crippen LogP contribution < -0.4 is 10.3 Å². The molecule has 2 aromatic heterocycles. The van der Waals surface area contributed by atoms with E-state index in [1.54, 1.807) is 19.2 Å². The van der Waals surface area contributed by atoms with Crippen LogP contribution in [-0.4, -0.2) is 34.2 Å². The van der Waals surface area contributed by atoms with E-state index in [1.807, 2.05) is 18.3 Å². The molecule has 2 heterocycles. The van der Waals surface area contributed by atoms with Crippen LogP contribution in [0.25, 0.3) is 27.9 Å². The van der Waals surface area contributed by atoms with Gasteiger partial charge in [-0.2, -0.15) is 13.9 Å². The van der Waals surface area contributed by atoms with E-state index >= 15 is 0 Å². The first kappa shape index (κ1) is 20.9. The smallest absolute Gasteiger partial charge is 0.387 e. The molecule has 0 bridgehead atoms. The number of ether oxygens (including phenoxy) is 2. The molecule has 1 fully saturated rings. The maximum atomic E-state index is 13.7. The first-order valence-corrected chi connectivity index (χ1v) is 10.9. The summed E-state index contributed by atoms with van der Waals surface area (Å²) in [6.45, 7) is -2.05. The van der Waals surface area contributed by atoms with E-state index in [2.05, 4.69) is 9.30 Å². The quantitative estimate of drug-likeness (QED) is 0.523. The molecular weight excluding hydrogens is 416 g/mol. The molecule has 2 aliphatic rings. The molecule has 1 saturated carbocycles. The van der Waals surface area contributed by atoms with Crippen LogP contribution in [0.5, 0.6) is 5.75 Å². The van der Waals surface area contributed by atoms with E-state index in [1.165, 1.54) is 29.7 Å². The highest BCUT2D eigenvalue weighted by molar-refractivity contribution is 5.92. The second-order valence-corrected chi connectivity index (χ2v) is 8.47. The van der Waals surface area contributed by atoms with Crippen molar-refractivity contribution in [2.75, 3.05) is 7.11 Å². The molecule has 32 heavy (non-hydrogen) atoms. The number of rotatable bonds is 7. The number of benzene rings is 1. The van der Waals surface area contributed by atoms with Gasteiger partial charge >= 0.3 is 6.61 Å². The third-order valence-electron chi connectivity index (χ3n) is 6.26. The zero-order chi connectivity index (χ0) is 22.2. The summed E-state index contributed by atoms with van der Waals surface area (Å²) < 4.78 is 38.6. The molecule has 0 amide bonds. The SMILES string of the molecule is COC1CC=C(n2nc3ccn(CC4CC4)c3c(-c3ccc(OC(F)F)cc3)c2=O)CC1. The third-order valence-corrected chi connectivity index (χ3v) is 6.26. The van der Waals surface area contributed by atoms with Crippen molar-refractivity contribution in [3.05, 3.63) is 53.0 Å². The average molecular weight is 441 g/mol. The predicted molar refractivity (Wildman–Crippen MR) is 118 cm³/mol. The van der Waals surface area contributed by atoms with Crippen molar-refractivity contribution in [1.29, 1.82) is 0 Å². The van der Waals surface area contributed by atoms with Gasteiger partial charge in [-0.05, 0) is 61.8 Å². The van der Waals surface area contributed by atoms with Gasteiger partial charge in [0.15, 0.2) is 0 Å². The minimum Gasteiger partial charge on any atom is -0.435 e. The summed E-state index contributed by atoms with van der Waals surface area (Å²) in [5.74, 6) is 0.679. The van der Waals surface area contributed by atoms with Crippen molar-refractivity contribution >= 4 is 16.7 Å². The van der Waals surface area contributed by atoms with Gasteiger partial charge in [0.25, 0.3) is 5.56 Å². The summed E-state index contributed by atoms with van der Waals surface area (Å²) in [6, 6.07) is 8.18. The van der Waals surface area contributed by atoms with E-state index in [9.17, 15) is 13.6 Å². The van der Waals surface area contributed by atoms with Crippen molar-refractivity contribution in [1.82, 2.24) is 14.3 Å². The third kappa shape index (κ3) is 4.07. The van der Waals surface area contributed by atoms with Gasteiger partial charge < -0.3 is 14.0 Å².